The summed E-state index contributed by atoms with van der Waals surface area (Å²) in [4.78, 5) is 0. The largest absolute Gasteiger partial charge is 0.388 e. The van der Waals surface area contributed by atoms with Gasteiger partial charge >= 0.3 is 0 Å². The first-order valence-electron chi connectivity index (χ1n) is 18.8. The summed E-state index contributed by atoms with van der Waals surface area (Å²) in [6, 6.07) is 14.1. The van der Waals surface area contributed by atoms with Crippen LogP contribution in [0.1, 0.15) is 176 Å². The highest BCUT2D eigenvalue weighted by Crippen LogP contribution is 2.76. The van der Waals surface area contributed by atoms with Gasteiger partial charge < -0.3 is 9.47 Å². The molecule has 0 unspecified atom stereocenters. The first kappa shape index (κ1) is 31.6. The Morgan fingerprint density at radius 1 is 0.587 bits per heavy atom. The fourth-order valence-electron chi connectivity index (χ4n) is 12.8. The molecule has 4 nitrogen and oxygen atoms in total. The van der Waals surface area contributed by atoms with Crippen LogP contribution in [-0.2, 0) is 10.8 Å². The van der Waals surface area contributed by atoms with Crippen molar-refractivity contribution in [2.24, 2.45) is 10.8 Å². The predicted molar refractivity (Wildman–Crippen MR) is 183 cm³/mol. The Bertz CT molecular complexity index is 1370. The van der Waals surface area contributed by atoms with E-state index in [-0.39, 0.29) is 10.8 Å². The van der Waals surface area contributed by atoms with Crippen LogP contribution in [0.5, 0.6) is 11.5 Å². The van der Waals surface area contributed by atoms with Gasteiger partial charge in [0, 0.05) is 0 Å². The fourth-order valence-corrected chi connectivity index (χ4v) is 12.8. The third-order valence-corrected chi connectivity index (χ3v) is 13.5. The summed E-state index contributed by atoms with van der Waals surface area (Å²) in [6.45, 7) is 4.80. The average molecular weight is 619 g/mol. The standard InChI is InChI=1S/C42H54N2O2/c1-3-19-39-23-40(20-4-2)26-41(24-39,33-15-17-37(45-29-43)35(21-33)31-11-7-5-8-12-31)28-42(25-39,27-40)34-16-18-38(46-30-44)36(22-34)32-13-9-6-10-14-32/h15-18,21-22,31-32H,3-14,19-20,23-28H2,1-2H3. The molecular weight excluding hydrogens is 564 g/mol. The number of nitrogens with zero attached hydrogens (tertiary/aromatic N) is 2. The SMILES string of the molecule is CCCC12CC3(CCC)CC(c4ccc(OC#N)c(C5CCCCC5)c4)(C1)CC(c1ccc(OC#N)c(C4CCCCC4)c1)(C2)C3. The van der Waals surface area contributed by atoms with E-state index in [9.17, 15) is 10.5 Å². The van der Waals surface area contributed by atoms with Crippen LogP contribution in [0.25, 0.3) is 0 Å². The van der Waals surface area contributed by atoms with Gasteiger partial charge in [0.2, 0.25) is 0 Å². The van der Waals surface area contributed by atoms with Crippen molar-refractivity contribution >= 4 is 0 Å². The number of rotatable bonds is 10. The zero-order valence-corrected chi connectivity index (χ0v) is 28.5. The molecule has 0 heterocycles. The van der Waals surface area contributed by atoms with Crippen molar-refractivity contribution in [2.45, 2.75) is 165 Å². The molecule has 6 aliphatic carbocycles. The Morgan fingerprint density at radius 3 is 1.37 bits per heavy atom. The zero-order valence-electron chi connectivity index (χ0n) is 28.5. The van der Waals surface area contributed by atoms with Crippen LogP contribution < -0.4 is 9.47 Å². The first-order valence-corrected chi connectivity index (χ1v) is 18.8. The van der Waals surface area contributed by atoms with E-state index in [0.717, 1.165) is 11.5 Å². The van der Waals surface area contributed by atoms with Crippen LogP contribution in [-0.4, -0.2) is 0 Å². The predicted octanol–water partition coefficient (Wildman–Crippen LogP) is 11.6. The van der Waals surface area contributed by atoms with Crippen molar-refractivity contribution in [1.29, 1.82) is 10.5 Å². The second-order valence-electron chi connectivity index (χ2n) is 16.7. The lowest BCUT2D eigenvalue weighted by Gasteiger charge is -2.72. The number of nitriles is 2. The molecule has 4 bridgehead atoms. The van der Waals surface area contributed by atoms with Gasteiger partial charge in [-0.25, -0.2) is 0 Å². The Kier molecular flexibility index (Phi) is 8.63. The molecule has 0 spiro atoms. The highest BCUT2D eigenvalue weighted by molar-refractivity contribution is 5.49. The van der Waals surface area contributed by atoms with Gasteiger partial charge in [-0.3, -0.25) is 0 Å². The molecule has 0 N–H and O–H groups in total. The van der Waals surface area contributed by atoms with Crippen molar-refractivity contribution in [1.82, 2.24) is 0 Å². The molecule has 8 rings (SSSR count). The van der Waals surface area contributed by atoms with E-state index >= 15 is 0 Å². The topological polar surface area (TPSA) is 66.0 Å². The number of benzene rings is 2. The maximum absolute atomic E-state index is 9.56. The number of hydrogen-bond donors (Lipinski definition) is 0. The molecule has 0 aromatic heterocycles. The van der Waals surface area contributed by atoms with Crippen molar-refractivity contribution in [3.63, 3.8) is 0 Å². The van der Waals surface area contributed by atoms with E-state index in [1.54, 1.807) is 0 Å². The van der Waals surface area contributed by atoms with E-state index in [1.165, 1.54) is 151 Å². The minimum absolute atomic E-state index is 0.126. The lowest BCUT2D eigenvalue weighted by molar-refractivity contribution is -0.148. The minimum atomic E-state index is 0.126. The maximum atomic E-state index is 9.56. The molecular formula is C42H54N2O2. The molecule has 0 atom stereocenters. The molecule has 2 aromatic carbocycles. The van der Waals surface area contributed by atoms with Crippen molar-refractivity contribution in [3.05, 3.63) is 58.7 Å². The highest BCUT2D eigenvalue weighted by atomic mass is 16.5. The summed E-state index contributed by atoms with van der Waals surface area (Å²) in [5.74, 6) is 2.54. The maximum Gasteiger partial charge on any atom is 0.292 e. The minimum Gasteiger partial charge on any atom is -0.388 e. The van der Waals surface area contributed by atoms with Crippen LogP contribution in [0.3, 0.4) is 0 Å². The van der Waals surface area contributed by atoms with Gasteiger partial charge in [0.15, 0.2) is 0 Å². The van der Waals surface area contributed by atoms with Crippen LogP contribution >= 0.6 is 0 Å². The first-order chi connectivity index (χ1) is 22.4. The third kappa shape index (κ3) is 5.53. The summed E-state index contributed by atoms with van der Waals surface area (Å²) in [7, 11) is 0. The summed E-state index contributed by atoms with van der Waals surface area (Å²) < 4.78 is 11.3. The Hall–Kier alpha value is -2.98. The molecule has 46 heavy (non-hydrogen) atoms. The van der Waals surface area contributed by atoms with Gasteiger partial charge in [-0.2, -0.15) is 0 Å². The van der Waals surface area contributed by atoms with E-state index in [1.807, 2.05) is 12.5 Å². The highest BCUT2D eigenvalue weighted by Gasteiger charge is 2.68. The monoisotopic (exact) mass is 618 g/mol. The van der Waals surface area contributed by atoms with Crippen molar-refractivity contribution < 1.29 is 9.47 Å². The lowest BCUT2D eigenvalue weighted by Crippen LogP contribution is -2.64. The molecule has 0 saturated heterocycles. The Balaban J connectivity index is 1.37. The summed E-state index contributed by atoms with van der Waals surface area (Å²) in [5, 5.41) is 19.1. The second-order valence-corrected chi connectivity index (χ2v) is 16.7. The normalized spacial score (nSPS) is 32.5. The molecule has 2 aromatic rings. The van der Waals surface area contributed by atoms with Gasteiger partial charge in [0.05, 0.1) is 0 Å². The van der Waals surface area contributed by atoms with E-state index in [2.05, 4.69) is 50.2 Å². The second kappa shape index (κ2) is 12.6. The van der Waals surface area contributed by atoms with Crippen molar-refractivity contribution in [2.75, 3.05) is 0 Å². The molecule has 6 saturated carbocycles. The average Bonchev–Trinajstić information content (AvgIpc) is 3.05. The van der Waals surface area contributed by atoms with Crippen LogP contribution in [0.15, 0.2) is 36.4 Å². The fraction of sp³-hybridized carbons (Fsp3) is 0.667. The smallest absolute Gasteiger partial charge is 0.292 e. The van der Waals surface area contributed by atoms with Gasteiger partial charge in [0.1, 0.15) is 11.5 Å². The number of ether oxygens (including phenoxy) is 2. The van der Waals surface area contributed by atoms with E-state index < -0.39 is 0 Å². The van der Waals surface area contributed by atoms with E-state index in [4.69, 9.17) is 9.47 Å². The van der Waals surface area contributed by atoms with Crippen LogP contribution in [0.2, 0.25) is 0 Å². The molecule has 0 aliphatic heterocycles. The van der Waals surface area contributed by atoms with Gasteiger partial charge in [0.25, 0.3) is 12.5 Å². The van der Waals surface area contributed by atoms with Gasteiger partial charge in [-0.05, 0) is 145 Å². The van der Waals surface area contributed by atoms with Gasteiger partial charge in [-0.1, -0.05) is 89.5 Å². The molecule has 6 fully saturated rings. The summed E-state index contributed by atoms with van der Waals surface area (Å²) in [6.07, 6.45) is 29.3. The summed E-state index contributed by atoms with van der Waals surface area (Å²) in [5.41, 5.74) is 6.54. The quantitative estimate of drug-likeness (QED) is 0.248. The number of hydrogen-bond acceptors (Lipinski definition) is 4. The summed E-state index contributed by atoms with van der Waals surface area (Å²) >= 11 is 0. The van der Waals surface area contributed by atoms with Crippen LogP contribution in [0.4, 0.5) is 0 Å². The Morgan fingerprint density at radius 2 is 1.00 bits per heavy atom. The molecule has 6 aliphatic rings. The third-order valence-electron chi connectivity index (χ3n) is 13.5. The Labute approximate surface area is 277 Å². The van der Waals surface area contributed by atoms with Crippen molar-refractivity contribution in [3.8, 4) is 24.0 Å². The van der Waals surface area contributed by atoms with Crippen LogP contribution in [0, 0.1) is 33.9 Å². The molecule has 4 heteroatoms. The molecule has 0 amide bonds. The zero-order chi connectivity index (χ0) is 31.8. The molecule has 0 radical (unpaired) electrons. The van der Waals surface area contributed by atoms with E-state index in [0.29, 0.717) is 22.7 Å². The molecule has 244 valence electrons. The lowest BCUT2D eigenvalue weighted by atomic mass is 9.32. The van der Waals surface area contributed by atoms with Gasteiger partial charge in [-0.15, -0.1) is 10.5 Å².